The lowest BCUT2D eigenvalue weighted by molar-refractivity contribution is 0.0151. The Labute approximate surface area is 147 Å². The molecule has 1 atom stereocenters. The summed E-state index contributed by atoms with van der Waals surface area (Å²) in [7, 11) is 0. The number of fused-ring (bicyclic) bond motifs is 1. The molecule has 2 aliphatic heterocycles. The Bertz CT molecular complexity index is 673. The first-order valence-corrected chi connectivity index (χ1v) is 8.69. The number of rotatable bonds is 2. The minimum Gasteiger partial charge on any atom is -0.444 e. The molecule has 0 aromatic heterocycles. The third-order valence-electron chi connectivity index (χ3n) is 4.49. The Hall–Kier alpha value is -2.37. The van der Waals surface area contributed by atoms with Gasteiger partial charge in [0.1, 0.15) is 5.60 Å². The fourth-order valence-electron chi connectivity index (χ4n) is 3.37. The number of hydrogen-bond acceptors (Lipinski definition) is 4. The number of piperidine rings is 1. The Morgan fingerprint density at radius 2 is 1.76 bits per heavy atom. The molecule has 1 aromatic carbocycles. The third-order valence-corrected chi connectivity index (χ3v) is 4.49. The topological polar surface area (TPSA) is 66.9 Å². The van der Waals surface area contributed by atoms with E-state index in [0.717, 1.165) is 12.8 Å². The third kappa shape index (κ3) is 3.67. The van der Waals surface area contributed by atoms with Crippen molar-refractivity contribution in [3.05, 3.63) is 35.4 Å². The van der Waals surface area contributed by atoms with Crippen molar-refractivity contribution >= 4 is 17.9 Å². The van der Waals surface area contributed by atoms with Gasteiger partial charge in [0, 0.05) is 19.6 Å². The summed E-state index contributed by atoms with van der Waals surface area (Å²) < 4.78 is 5.43. The summed E-state index contributed by atoms with van der Waals surface area (Å²) in [6, 6.07) is 6.89. The molecule has 0 aliphatic carbocycles. The van der Waals surface area contributed by atoms with E-state index in [-0.39, 0.29) is 23.8 Å². The van der Waals surface area contributed by atoms with Crippen LogP contribution < -0.4 is 0 Å². The number of benzene rings is 1. The second-order valence-electron chi connectivity index (χ2n) is 7.70. The number of likely N-dealkylation sites (tertiary alicyclic amines) is 1. The summed E-state index contributed by atoms with van der Waals surface area (Å²) in [4.78, 5) is 40.2. The van der Waals surface area contributed by atoms with Gasteiger partial charge in [-0.05, 0) is 51.7 Å². The van der Waals surface area contributed by atoms with Crippen molar-refractivity contribution in [3.63, 3.8) is 0 Å². The van der Waals surface area contributed by atoms with Crippen LogP contribution in [-0.2, 0) is 4.74 Å². The van der Waals surface area contributed by atoms with Crippen LogP contribution in [0.3, 0.4) is 0 Å². The summed E-state index contributed by atoms with van der Waals surface area (Å²) in [6.45, 7) is 7.00. The molecule has 0 bridgehead atoms. The minimum absolute atomic E-state index is 0.0727. The van der Waals surface area contributed by atoms with Gasteiger partial charge >= 0.3 is 6.09 Å². The van der Waals surface area contributed by atoms with Crippen LogP contribution in [0.5, 0.6) is 0 Å². The molecule has 6 nitrogen and oxygen atoms in total. The van der Waals surface area contributed by atoms with E-state index in [1.54, 1.807) is 29.2 Å². The van der Waals surface area contributed by atoms with E-state index in [1.807, 2.05) is 20.8 Å². The van der Waals surface area contributed by atoms with Crippen molar-refractivity contribution < 1.29 is 19.1 Å². The highest BCUT2D eigenvalue weighted by Gasteiger charge is 2.37. The van der Waals surface area contributed by atoms with Crippen molar-refractivity contribution in [1.29, 1.82) is 0 Å². The Morgan fingerprint density at radius 1 is 1.16 bits per heavy atom. The summed E-state index contributed by atoms with van der Waals surface area (Å²) in [5.74, 6) is -0.409. The predicted molar refractivity (Wildman–Crippen MR) is 92.3 cm³/mol. The molecular weight excluding hydrogens is 320 g/mol. The molecule has 1 fully saturated rings. The number of carbonyl (C=O) groups is 3. The minimum atomic E-state index is -0.535. The lowest BCUT2D eigenvalue weighted by atomic mass is 9.97. The molecule has 1 saturated heterocycles. The molecule has 2 aliphatic rings. The monoisotopic (exact) mass is 344 g/mol. The van der Waals surface area contributed by atoms with Crippen molar-refractivity contribution in [2.45, 2.75) is 39.2 Å². The van der Waals surface area contributed by atoms with Crippen molar-refractivity contribution in [1.82, 2.24) is 9.80 Å². The molecule has 6 heteroatoms. The van der Waals surface area contributed by atoms with E-state index in [2.05, 4.69) is 0 Å². The van der Waals surface area contributed by atoms with Crippen LogP contribution >= 0.6 is 0 Å². The molecule has 0 N–H and O–H groups in total. The predicted octanol–water partition coefficient (Wildman–Crippen LogP) is 2.93. The molecule has 3 amide bonds. The van der Waals surface area contributed by atoms with Crippen molar-refractivity contribution in [2.75, 3.05) is 19.6 Å². The smallest absolute Gasteiger partial charge is 0.410 e. The van der Waals surface area contributed by atoms with Crippen LogP contribution in [0.25, 0.3) is 0 Å². The number of ether oxygens (including phenoxy) is 1. The Morgan fingerprint density at radius 3 is 2.32 bits per heavy atom. The van der Waals surface area contributed by atoms with Gasteiger partial charge < -0.3 is 9.64 Å². The van der Waals surface area contributed by atoms with Gasteiger partial charge in [-0.15, -0.1) is 0 Å². The van der Waals surface area contributed by atoms with Crippen LogP contribution in [0, 0.1) is 5.92 Å². The maximum atomic E-state index is 12.5. The standard InChI is InChI=1S/C19H24N2O4/c1-19(2,3)25-18(24)20-10-6-7-13(11-20)12-21-16(22)14-8-4-5-9-15(14)17(21)23/h4-5,8-9,13H,6-7,10-12H2,1-3H3/t13-/m1/s1. The zero-order valence-electron chi connectivity index (χ0n) is 14.9. The van der Waals surface area contributed by atoms with Gasteiger partial charge in [-0.2, -0.15) is 0 Å². The SMILES string of the molecule is CC(C)(C)OC(=O)N1CCC[C@@H](CN2C(=O)c3ccccc3C2=O)C1. The fraction of sp³-hybridized carbons (Fsp3) is 0.526. The van der Waals surface area contributed by atoms with E-state index in [1.165, 1.54) is 4.90 Å². The summed E-state index contributed by atoms with van der Waals surface area (Å²) >= 11 is 0. The van der Waals surface area contributed by atoms with Gasteiger partial charge in [0.25, 0.3) is 11.8 Å². The van der Waals surface area contributed by atoms with Crippen molar-refractivity contribution in [2.24, 2.45) is 5.92 Å². The molecule has 0 saturated carbocycles. The van der Waals surface area contributed by atoms with Gasteiger partial charge in [0.15, 0.2) is 0 Å². The van der Waals surface area contributed by atoms with Crippen molar-refractivity contribution in [3.8, 4) is 0 Å². The molecule has 0 spiro atoms. The van der Waals surface area contributed by atoms with E-state index in [0.29, 0.717) is 30.8 Å². The highest BCUT2D eigenvalue weighted by atomic mass is 16.6. The average Bonchev–Trinajstić information content (AvgIpc) is 2.79. The highest BCUT2D eigenvalue weighted by molar-refractivity contribution is 6.21. The van der Waals surface area contributed by atoms with E-state index >= 15 is 0 Å². The first-order chi connectivity index (χ1) is 11.8. The molecular formula is C19H24N2O4. The second-order valence-corrected chi connectivity index (χ2v) is 7.70. The van der Waals surface area contributed by atoms with Gasteiger partial charge in [-0.3, -0.25) is 14.5 Å². The van der Waals surface area contributed by atoms with Gasteiger partial charge in [-0.1, -0.05) is 12.1 Å². The maximum absolute atomic E-state index is 12.5. The lowest BCUT2D eigenvalue weighted by Gasteiger charge is -2.35. The van der Waals surface area contributed by atoms with Gasteiger partial charge in [0.05, 0.1) is 11.1 Å². The number of hydrogen-bond donors (Lipinski definition) is 0. The fourth-order valence-corrected chi connectivity index (χ4v) is 3.37. The largest absolute Gasteiger partial charge is 0.444 e. The quantitative estimate of drug-likeness (QED) is 0.774. The second kappa shape index (κ2) is 6.50. The molecule has 2 heterocycles. The molecule has 1 aromatic rings. The van der Waals surface area contributed by atoms with Gasteiger partial charge in [-0.25, -0.2) is 4.79 Å². The zero-order chi connectivity index (χ0) is 18.2. The van der Waals surface area contributed by atoms with E-state index in [9.17, 15) is 14.4 Å². The van der Waals surface area contributed by atoms with Crippen LogP contribution in [0.15, 0.2) is 24.3 Å². The van der Waals surface area contributed by atoms with Gasteiger partial charge in [0.2, 0.25) is 0 Å². The molecule has 3 rings (SSSR count). The summed E-state index contributed by atoms with van der Waals surface area (Å²) in [6.07, 6.45) is 1.39. The van der Waals surface area contributed by atoms with Crippen LogP contribution in [0.4, 0.5) is 4.79 Å². The molecule has 25 heavy (non-hydrogen) atoms. The molecule has 0 radical (unpaired) electrons. The molecule has 0 unspecified atom stereocenters. The normalized spacial score (nSPS) is 20.7. The number of amides is 3. The van der Waals surface area contributed by atoms with Crippen LogP contribution in [0.2, 0.25) is 0 Å². The summed E-state index contributed by atoms with van der Waals surface area (Å²) in [5.41, 5.74) is 0.395. The Balaban J connectivity index is 1.65. The summed E-state index contributed by atoms with van der Waals surface area (Å²) in [5, 5.41) is 0. The van der Waals surface area contributed by atoms with Crippen LogP contribution in [-0.4, -0.2) is 52.9 Å². The highest BCUT2D eigenvalue weighted by Crippen LogP contribution is 2.26. The van der Waals surface area contributed by atoms with Crippen LogP contribution in [0.1, 0.15) is 54.3 Å². The van der Waals surface area contributed by atoms with E-state index < -0.39 is 5.60 Å². The molecule has 134 valence electrons. The maximum Gasteiger partial charge on any atom is 0.410 e. The number of nitrogens with zero attached hydrogens (tertiary/aromatic N) is 2. The number of imide groups is 1. The average molecular weight is 344 g/mol. The number of carbonyl (C=O) groups excluding carboxylic acids is 3. The zero-order valence-corrected chi connectivity index (χ0v) is 14.9. The van der Waals surface area contributed by atoms with E-state index in [4.69, 9.17) is 4.74 Å². The lowest BCUT2D eigenvalue weighted by Crippen LogP contribution is -2.46. The first kappa shape index (κ1) is 17.5. The Kier molecular flexibility index (Phi) is 4.54. The first-order valence-electron chi connectivity index (χ1n) is 8.69.